The third-order valence-corrected chi connectivity index (χ3v) is 8.39. The molecule has 1 aromatic carbocycles. The summed E-state index contributed by atoms with van der Waals surface area (Å²) in [6, 6.07) is 10.2. The van der Waals surface area contributed by atoms with Crippen molar-refractivity contribution in [2.45, 2.75) is 51.7 Å². The lowest BCUT2D eigenvalue weighted by atomic mass is 9.83. The summed E-state index contributed by atoms with van der Waals surface area (Å²) in [6.07, 6.45) is 6.82. The van der Waals surface area contributed by atoms with Crippen LogP contribution in [0, 0.1) is 6.92 Å². The first kappa shape index (κ1) is 24.6. The molecule has 200 valence electrons. The first-order chi connectivity index (χ1) is 18.5. The van der Waals surface area contributed by atoms with E-state index < -0.39 is 0 Å². The molecule has 0 bridgehead atoms. The molecule has 0 unspecified atom stereocenters. The number of urea groups is 1. The minimum Gasteiger partial charge on any atom is -0.497 e. The predicted molar refractivity (Wildman–Crippen MR) is 142 cm³/mol. The Morgan fingerprint density at radius 3 is 2.63 bits per heavy atom. The summed E-state index contributed by atoms with van der Waals surface area (Å²) in [6.45, 7) is 7.84. The first-order valence-electron chi connectivity index (χ1n) is 13.3. The first-order valence-corrected chi connectivity index (χ1v) is 13.3. The second-order valence-electron chi connectivity index (χ2n) is 10.3. The molecule has 0 radical (unpaired) electrons. The quantitative estimate of drug-likeness (QED) is 0.479. The van der Waals surface area contributed by atoms with Gasteiger partial charge in [-0.3, -0.25) is 9.80 Å². The van der Waals surface area contributed by atoms with Gasteiger partial charge in [-0.1, -0.05) is 11.2 Å². The van der Waals surface area contributed by atoms with Gasteiger partial charge in [-0.15, -0.1) is 0 Å². The fourth-order valence-corrected chi connectivity index (χ4v) is 6.50. The number of methoxy groups -OCH3 is 2. The van der Waals surface area contributed by atoms with E-state index >= 15 is 0 Å². The molecule has 38 heavy (non-hydrogen) atoms. The molecule has 5 heterocycles. The Balaban J connectivity index is 1.25. The van der Waals surface area contributed by atoms with Crippen molar-refractivity contribution in [3.05, 3.63) is 70.9 Å². The molecule has 9 nitrogen and oxygen atoms in total. The summed E-state index contributed by atoms with van der Waals surface area (Å²) in [4.78, 5) is 20.3. The van der Waals surface area contributed by atoms with Crippen LogP contribution < -0.4 is 9.47 Å². The zero-order valence-corrected chi connectivity index (χ0v) is 22.6. The van der Waals surface area contributed by atoms with Gasteiger partial charge in [0.15, 0.2) is 5.82 Å². The highest BCUT2D eigenvalue weighted by Gasteiger charge is 2.54. The summed E-state index contributed by atoms with van der Waals surface area (Å²) in [7, 11) is 3.35. The summed E-state index contributed by atoms with van der Waals surface area (Å²) >= 11 is 0. The van der Waals surface area contributed by atoms with E-state index in [4.69, 9.17) is 14.0 Å². The molecule has 0 N–H and O–H groups in total. The number of piperidine rings is 1. The number of likely N-dealkylation sites (N-methyl/N-ethyl adjacent to an activating group) is 1. The van der Waals surface area contributed by atoms with Gasteiger partial charge in [0.2, 0.25) is 0 Å². The summed E-state index contributed by atoms with van der Waals surface area (Å²) in [5, 5.41) is 4.19. The molecule has 6 rings (SSSR count). The molecule has 9 heteroatoms. The molecule has 2 aromatic heterocycles. The van der Waals surface area contributed by atoms with Crippen LogP contribution >= 0.6 is 0 Å². The molecule has 2 amide bonds. The predicted octanol–water partition coefficient (Wildman–Crippen LogP) is 4.52. The van der Waals surface area contributed by atoms with Gasteiger partial charge in [0.05, 0.1) is 26.3 Å². The monoisotopic (exact) mass is 517 g/mol. The third-order valence-electron chi connectivity index (χ3n) is 8.39. The van der Waals surface area contributed by atoms with E-state index in [1.807, 2.05) is 42.3 Å². The number of carbonyl (C=O) groups is 1. The van der Waals surface area contributed by atoms with Gasteiger partial charge in [-0.2, -0.15) is 0 Å². The van der Waals surface area contributed by atoms with E-state index in [1.54, 1.807) is 14.2 Å². The van der Waals surface area contributed by atoms with Crippen molar-refractivity contribution in [1.82, 2.24) is 24.4 Å². The molecule has 3 aromatic rings. The van der Waals surface area contributed by atoms with E-state index in [0.717, 1.165) is 78.8 Å². The number of rotatable bonds is 6. The van der Waals surface area contributed by atoms with E-state index in [1.165, 1.54) is 5.69 Å². The number of hydrogen-bond acceptors (Lipinski definition) is 6. The molecule has 3 aliphatic heterocycles. The number of aryl methyl sites for hydroxylation is 1. The maximum absolute atomic E-state index is 13.8. The van der Waals surface area contributed by atoms with Crippen LogP contribution in [0.5, 0.6) is 11.5 Å². The summed E-state index contributed by atoms with van der Waals surface area (Å²) < 4.78 is 18.6. The van der Waals surface area contributed by atoms with Crippen molar-refractivity contribution in [3.63, 3.8) is 0 Å². The van der Waals surface area contributed by atoms with Crippen molar-refractivity contribution in [2.24, 2.45) is 0 Å². The van der Waals surface area contributed by atoms with Crippen LogP contribution in [0.3, 0.4) is 0 Å². The van der Waals surface area contributed by atoms with Crippen molar-refractivity contribution < 1.29 is 18.8 Å². The molecule has 2 saturated heterocycles. The Kier molecular flexibility index (Phi) is 6.18. The highest BCUT2D eigenvalue weighted by Crippen LogP contribution is 2.47. The molecule has 1 spiro atoms. The SMILES string of the molecule is CCN1C(=O)N2Cc3cc(OC)cc(OC)c3CC=C2C12CCN(Cc1cccn1-c1cc(C)on1)CC2. The molecule has 0 aliphatic carbocycles. The van der Waals surface area contributed by atoms with Gasteiger partial charge in [-0.25, -0.2) is 4.79 Å². The van der Waals surface area contributed by atoms with Crippen molar-refractivity contribution >= 4 is 6.03 Å². The molecular weight excluding hydrogens is 482 g/mol. The van der Waals surface area contributed by atoms with Crippen LogP contribution in [-0.2, 0) is 19.5 Å². The number of hydrogen-bond donors (Lipinski definition) is 0. The lowest BCUT2D eigenvalue weighted by Gasteiger charge is -2.44. The van der Waals surface area contributed by atoms with Crippen LogP contribution in [0.4, 0.5) is 4.79 Å². The Hall–Kier alpha value is -3.72. The van der Waals surface area contributed by atoms with Gasteiger partial charge < -0.3 is 23.5 Å². The Morgan fingerprint density at radius 2 is 1.95 bits per heavy atom. The number of benzene rings is 1. The number of aromatic nitrogens is 2. The lowest BCUT2D eigenvalue weighted by molar-refractivity contribution is 0.0880. The summed E-state index contributed by atoms with van der Waals surface area (Å²) in [5.41, 5.74) is 4.24. The normalized spacial score (nSPS) is 18.8. The maximum atomic E-state index is 13.8. The van der Waals surface area contributed by atoms with Gasteiger partial charge in [0.25, 0.3) is 0 Å². The fourth-order valence-electron chi connectivity index (χ4n) is 6.50. The standard InChI is InChI=1S/C29H35N5O4/c1-5-34-28(35)33-18-21-16-23(36-3)17-25(37-4)24(21)8-9-26(33)29(34)10-13-31(14-11-29)19-22-7-6-12-32(22)27-15-20(2)38-30-27/h6-7,9,12,15-17H,5,8,10-11,13-14,18-19H2,1-4H3. The molecule has 0 atom stereocenters. The molecule has 3 aliphatic rings. The van der Waals surface area contributed by atoms with Crippen LogP contribution in [-0.4, -0.2) is 69.8 Å². The van der Waals surface area contributed by atoms with E-state index in [9.17, 15) is 4.79 Å². The second-order valence-corrected chi connectivity index (χ2v) is 10.3. The minimum absolute atomic E-state index is 0.0946. The van der Waals surface area contributed by atoms with Crippen LogP contribution in [0.2, 0.25) is 0 Å². The fraction of sp³-hybridized carbons (Fsp3) is 0.448. The highest BCUT2D eigenvalue weighted by atomic mass is 16.5. The van der Waals surface area contributed by atoms with Gasteiger partial charge in [0, 0.05) is 61.5 Å². The number of amides is 2. The highest BCUT2D eigenvalue weighted by molar-refractivity contribution is 5.83. The number of nitrogens with zero attached hydrogens (tertiary/aromatic N) is 5. The van der Waals surface area contributed by atoms with E-state index in [2.05, 4.69) is 38.6 Å². The zero-order chi connectivity index (χ0) is 26.4. The number of likely N-dealkylation sites (tertiary alicyclic amines) is 1. The Morgan fingerprint density at radius 1 is 1.13 bits per heavy atom. The van der Waals surface area contributed by atoms with Gasteiger partial charge in [0.1, 0.15) is 17.3 Å². The number of ether oxygens (including phenoxy) is 2. The average molecular weight is 518 g/mol. The Labute approximate surface area is 223 Å². The van der Waals surface area contributed by atoms with Gasteiger partial charge >= 0.3 is 6.03 Å². The molecule has 2 fully saturated rings. The topological polar surface area (TPSA) is 76.2 Å². The zero-order valence-electron chi connectivity index (χ0n) is 22.6. The van der Waals surface area contributed by atoms with Gasteiger partial charge in [-0.05, 0) is 56.9 Å². The average Bonchev–Trinajstić information content (AvgIpc) is 3.57. The van der Waals surface area contributed by atoms with Crippen LogP contribution in [0.15, 0.2) is 52.8 Å². The van der Waals surface area contributed by atoms with Crippen molar-refractivity contribution in [1.29, 1.82) is 0 Å². The van der Waals surface area contributed by atoms with E-state index in [-0.39, 0.29) is 11.6 Å². The minimum atomic E-state index is -0.285. The Bertz CT molecular complexity index is 1380. The largest absolute Gasteiger partial charge is 0.497 e. The van der Waals surface area contributed by atoms with Crippen molar-refractivity contribution in [2.75, 3.05) is 33.9 Å². The maximum Gasteiger partial charge on any atom is 0.325 e. The number of allylic oxidation sites excluding steroid dienone is 1. The van der Waals surface area contributed by atoms with Crippen LogP contribution in [0.25, 0.3) is 5.82 Å². The molecular formula is C29H35N5O4. The van der Waals surface area contributed by atoms with E-state index in [0.29, 0.717) is 13.1 Å². The van der Waals surface area contributed by atoms with Crippen molar-refractivity contribution in [3.8, 4) is 17.3 Å². The number of fused-ring (bicyclic) bond motifs is 3. The lowest BCUT2D eigenvalue weighted by Crippen LogP contribution is -2.53. The smallest absolute Gasteiger partial charge is 0.325 e. The summed E-state index contributed by atoms with van der Waals surface area (Å²) in [5.74, 6) is 3.16. The molecule has 0 saturated carbocycles. The van der Waals surface area contributed by atoms with Crippen LogP contribution in [0.1, 0.15) is 42.3 Å². The third kappa shape index (κ3) is 3.88. The number of carbonyl (C=O) groups excluding carboxylic acids is 1. The second kappa shape index (κ2) is 9.54.